The van der Waals surface area contributed by atoms with Crippen LogP contribution in [0.2, 0.25) is 0 Å². The number of sulfonamides is 1. The Morgan fingerprint density at radius 1 is 1.19 bits per heavy atom. The van der Waals surface area contributed by atoms with Gasteiger partial charge in [-0.2, -0.15) is 5.26 Å². The van der Waals surface area contributed by atoms with Gasteiger partial charge in [0.15, 0.2) is 0 Å². The summed E-state index contributed by atoms with van der Waals surface area (Å²) in [6.45, 7) is 0.0774. The number of hydrogen-bond acceptors (Lipinski definition) is 3. The Morgan fingerprint density at radius 3 is 2.43 bits per heavy atom. The standard InChI is InChI=1S/C15H13FN2O2S/c1-21(19,20)18(11-12-5-7-14(16)8-6-12)15-4-2-3-13(9-15)10-17/h2-9H,11H2,1H3. The third-order valence-corrected chi connectivity index (χ3v) is 4.04. The molecule has 0 radical (unpaired) electrons. The molecule has 0 N–H and O–H groups in total. The van der Waals surface area contributed by atoms with E-state index in [0.29, 0.717) is 16.8 Å². The molecular weight excluding hydrogens is 291 g/mol. The minimum absolute atomic E-state index is 0.0774. The molecule has 108 valence electrons. The van der Waals surface area contributed by atoms with Gasteiger partial charge < -0.3 is 0 Å². The quantitative estimate of drug-likeness (QED) is 0.872. The smallest absolute Gasteiger partial charge is 0.232 e. The molecule has 0 amide bonds. The summed E-state index contributed by atoms with van der Waals surface area (Å²) in [7, 11) is -3.52. The van der Waals surface area contributed by atoms with Crippen molar-refractivity contribution < 1.29 is 12.8 Å². The Balaban J connectivity index is 2.40. The lowest BCUT2D eigenvalue weighted by atomic mass is 10.2. The predicted molar refractivity (Wildman–Crippen MR) is 78.6 cm³/mol. The number of anilines is 1. The molecule has 0 unspecified atom stereocenters. The van der Waals surface area contributed by atoms with E-state index in [2.05, 4.69) is 0 Å². The summed E-state index contributed by atoms with van der Waals surface area (Å²) in [6, 6.07) is 13.9. The number of rotatable bonds is 4. The zero-order chi connectivity index (χ0) is 15.5. The van der Waals surface area contributed by atoms with E-state index in [1.807, 2.05) is 6.07 Å². The summed E-state index contributed by atoms with van der Waals surface area (Å²) < 4.78 is 38.0. The summed E-state index contributed by atoms with van der Waals surface area (Å²) in [5.41, 5.74) is 1.44. The molecule has 21 heavy (non-hydrogen) atoms. The highest BCUT2D eigenvalue weighted by Gasteiger charge is 2.18. The maximum atomic E-state index is 12.9. The van der Waals surface area contributed by atoms with Gasteiger partial charge in [0.2, 0.25) is 10.0 Å². The van der Waals surface area contributed by atoms with Gasteiger partial charge in [-0.3, -0.25) is 4.31 Å². The van der Waals surface area contributed by atoms with Gasteiger partial charge in [0.1, 0.15) is 5.82 Å². The van der Waals surface area contributed by atoms with E-state index in [0.717, 1.165) is 6.26 Å². The second kappa shape index (κ2) is 5.94. The van der Waals surface area contributed by atoms with Crippen LogP contribution in [-0.2, 0) is 16.6 Å². The maximum Gasteiger partial charge on any atom is 0.232 e. The lowest BCUT2D eigenvalue weighted by molar-refractivity contribution is 0.596. The van der Waals surface area contributed by atoms with E-state index in [4.69, 9.17) is 5.26 Å². The molecular formula is C15H13FN2O2S. The van der Waals surface area contributed by atoms with Gasteiger partial charge >= 0.3 is 0 Å². The third kappa shape index (κ3) is 3.80. The molecule has 0 saturated heterocycles. The van der Waals surface area contributed by atoms with E-state index in [-0.39, 0.29) is 12.4 Å². The molecule has 0 atom stereocenters. The molecule has 0 fully saturated rings. The van der Waals surface area contributed by atoms with Crippen LogP contribution in [0.5, 0.6) is 0 Å². The molecule has 2 aromatic rings. The predicted octanol–water partition coefficient (Wildman–Crippen LogP) is 2.66. The van der Waals surface area contributed by atoms with Crippen LogP contribution in [0.25, 0.3) is 0 Å². The van der Waals surface area contributed by atoms with Crippen molar-refractivity contribution in [3.05, 3.63) is 65.5 Å². The Bertz CT molecular complexity index is 780. The normalized spacial score (nSPS) is 10.9. The van der Waals surface area contributed by atoms with Crippen molar-refractivity contribution in [3.8, 4) is 6.07 Å². The van der Waals surface area contributed by atoms with Gasteiger partial charge in [0, 0.05) is 0 Å². The summed E-state index contributed by atoms with van der Waals surface area (Å²) >= 11 is 0. The van der Waals surface area contributed by atoms with Crippen LogP contribution in [0, 0.1) is 17.1 Å². The molecule has 0 heterocycles. The first kappa shape index (κ1) is 15.0. The largest absolute Gasteiger partial charge is 0.266 e. The first-order valence-corrected chi connectivity index (χ1v) is 7.97. The highest BCUT2D eigenvalue weighted by Crippen LogP contribution is 2.21. The summed E-state index contributed by atoms with van der Waals surface area (Å²) in [5.74, 6) is -0.379. The van der Waals surface area contributed by atoms with E-state index in [9.17, 15) is 12.8 Å². The second-order valence-electron chi connectivity index (χ2n) is 4.56. The molecule has 2 rings (SSSR count). The second-order valence-corrected chi connectivity index (χ2v) is 6.47. The Labute approximate surface area is 123 Å². The summed E-state index contributed by atoms with van der Waals surface area (Å²) in [6.07, 6.45) is 1.09. The molecule has 0 spiro atoms. The monoisotopic (exact) mass is 304 g/mol. The van der Waals surface area contributed by atoms with Crippen molar-refractivity contribution in [2.24, 2.45) is 0 Å². The Hall–Kier alpha value is -2.39. The fourth-order valence-corrected chi connectivity index (χ4v) is 2.77. The van der Waals surface area contributed by atoms with Crippen LogP contribution in [0.3, 0.4) is 0 Å². The lowest BCUT2D eigenvalue weighted by Gasteiger charge is -2.22. The van der Waals surface area contributed by atoms with E-state index < -0.39 is 10.0 Å². The van der Waals surface area contributed by atoms with Gasteiger partial charge in [-0.15, -0.1) is 0 Å². The average molecular weight is 304 g/mol. The molecule has 0 bridgehead atoms. The Morgan fingerprint density at radius 2 is 1.86 bits per heavy atom. The highest BCUT2D eigenvalue weighted by atomic mass is 32.2. The third-order valence-electron chi connectivity index (χ3n) is 2.90. The van der Waals surface area contributed by atoms with E-state index >= 15 is 0 Å². The van der Waals surface area contributed by atoms with Crippen LogP contribution in [-0.4, -0.2) is 14.7 Å². The topological polar surface area (TPSA) is 61.2 Å². The van der Waals surface area contributed by atoms with Gasteiger partial charge in [-0.1, -0.05) is 18.2 Å². The fourth-order valence-electron chi connectivity index (χ4n) is 1.89. The number of halogens is 1. The first-order valence-electron chi connectivity index (χ1n) is 6.12. The van der Waals surface area contributed by atoms with Crippen LogP contribution in [0.15, 0.2) is 48.5 Å². The number of nitriles is 1. The molecule has 6 heteroatoms. The lowest BCUT2D eigenvalue weighted by Crippen LogP contribution is -2.29. The zero-order valence-corrected chi connectivity index (χ0v) is 12.1. The van der Waals surface area contributed by atoms with Crippen molar-refractivity contribution in [1.29, 1.82) is 5.26 Å². The first-order chi connectivity index (χ1) is 9.90. The van der Waals surface area contributed by atoms with E-state index in [1.54, 1.807) is 18.2 Å². The zero-order valence-electron chi connectivity index (χ0n) is 11.3. The van der Waals surface area contributed by atoms with Gasteiger partial charge in [-0.25, -0.2) is 12.8 Å². The van der Waals surface area contributed by atoms with Crippen molar-refractivity contribution >= 4 is 15.7 Å². The average Bonchev–Trinajstić information content (AvgIpc) is 2.45. The molecule has 2 aromatic carbocycles. The van der Waals surface area contributed by atoms with Crippen molar-refractivity contribution in [1.82, 2.24) is 0 Å². The van der Waals surface area contributed by atoms with Crippen molar-refractivity contribution in [3.63, 3.8) is 0 Å². The molecule has 4 nitrogen and oxygen atoms in total. The number of nitrogens with zero attached hydrogens (tertiary/aromatic N) is 2. The van der Waals surface area contributed by atoms with Crippen molar-refractivity contribution in [2.75, 3.05) is 10.6 Å². The number of hydrogen-bond donors (Lipinski definition) is 0. The van der Waals surface area contributed by atoms with Crippen LogP contribution in [0.1, 0.15) is 11.1 Å². The molecule has 0 saturated carbocycles. The Kier molecular flexibility index (Phi) is 4.24. The minimum Gasteiger partial charge on any atom is -0.266 e. The van der Waals surface area contributed by atoms with Gasteiger partial charge in [0.25, 0.3) is 0 Å². The summed E-state index contributed by atoms with van der Waals surface area (Å²) in [4.78, 5) is 0. The fraction of sp³-hybridized carbons (Fsp3) is 0.133. The van der Waals surface area contributed by atoms with Gasteiger partial charge in [-0.05, 0) is 35.9 Å². The van der Waals surface area contributed by atoms with Crippen molar-refractivity contribution in [2.45, 2.75) is 6.54 Å². The summed E-state index contributed by atoms with van der Waals surface area (Å²) in [5, 5.41) is 8.91. The van der Waals surface area contributed by atoms with Crippen LogP contribution in [0.4, 0.5) is 10.1 Å². The molecule has 0 aliphatic rings. The van der Waals surface area contributed by atoms with Crippen LogP contribution < -0.4 is 4.31 Å². The van der Waals surface area contributed by atoms with Crippen LogP contribution >= 0.6 is 0 Å². The van der Waals surface area contributed by atoms with Gasteiger partial charge in [0.05, 0.1) is 30.1 Å². The van der Waals surface area contributed by atoms with E-state index in [1.165, 1.54) is 34.6 Å². The molecule has 0 aliphatic heterocycles. The minimum atomic E-state index is -3.52. The highest BCUT2D eigenvalue weighted by molar-refractivity contribution is 7.92. The number of benzene rings is 2. The maximum absolute atomic E-state index is 12.9. The SMILES string of the molecule is CS(=O)(=O)N(Cc1ccc(F)cc1)c1cccc(C#N)c1. The molecule has 0 aliphatic carbocycles. The molecule has 0 aromatic heterocycles.